The number of aromatic nitrogens is 1. The number of aryl methyl sites for hydroxylation is 1. The Hall–Kier alpha value is -2.28. The second kappa shape index (κ2) is 7.03. The zero-order chi connectivity index (χ0) is 19.8. The fraction of sp³-hybridized carbons (Fsp3) is 0.190. The fourth-order valence-electron chi connectivity index (χ4n) is 3.65. The summed E-state index contributed by atoms with van der Waals surface area (Å²) in [6.45, 7) is 6.84. The maximum atomic E-state index is 8.49. The van der Waals surface area contributed by atoms with Crippen molar-refractivity contribution < 1.29 is 33.4 Å². The maximum absolute atomic E-state index is 8.49. The lowest BCUT2D eigenvalue weighted by molar-refractivity contribution is -2.00. The van der Waals surface area contributed by atoms with E-state index in [-0.39, 0.29) is 5.41 Å². The molecule has 6 heteroatoms. The zero-order valence-electron chi connectivity index (χ0n) is 15.3. The van der Waals surface area contributed by atoms with E-state index in [4.69, 9.17) is 18.6 Å². The topological polar surface area (TPSA) is 96.1 Å². The van der Waals surface area contributed by atoms with E-state index in [0.29, 0.717) is 0 Å². The summed E-state index contributed by atoms with van der Waals surface area (Å²) in [6.07, 6.45) is 0. The van der Waals surface area contributed by atoms with Gasteiger partial charge in [0.25, 0.3) is 0 Å². The van der Waals surface area contributed by atoms with E-state index >= 15 is 0 Å². The monoisotopic (exact) mass is 385 g/mol. The molecule has 1 aromatic heterocycles. The Morgan fingerprint density at radius 2 is 1.33 bits per heavy atom. The number of fused-ring (bicyclic) bond motifs is 3. The number of nitrogens with zero attached hydrogens (tertiary/aromatic N) is 1. The zero-order valence-corrected chi connectivity index (χ0v) is 16.1. The Morgan fingerprint density at radius 1 is 0.778 bits per heavy atom. The molecule has 0 N–H and O–H groups in total. The number of rotatable bonds is 1. The molecule has 3 aromatic rings. The van der Waals surface area contributed by atoms with Gasteiger partial charge in [-0.15, -0.1) is 10.2 Å². The molecule has 1 aliphatic rings. The van der Waals surface area contributed by atoms with Crippen LogP contribution >= 0.6 is 0 Å². The molecule has 0 saturated carbocycles. The fourth-order valence-corrected chi connectivity index (χ4v) is 3.65. The highest BCUT2D eigenvalue weighted by Gasteiger charge is 2.44. The van der Waals surface area contributed by atoms with Crippen LogP contribution in [0.2, 0.25) is 0 Å². The van der Waals surface area contributed by atoms with Crippen LogP contribution in [0, 0.1) is 17.2 Å². The van der Waals surface area contributed by atoms with Crippen LogP contribution in [0.3, 0.4) is 0 Å². The molecule has 5 nitrogen and oxygen atoms in total. The Kier molecular flexibility index (Phi) is 5.08. The predicted molar refractivity (Wildman–Crippen MR) is 90.3 cm³/mol. The molecule has 0 fully saturated rings. The smallest absolute Gasteiger partial charge is 0.215 e. The van der Waals surface area contributed by atoms with Gasteiger partial charge in [0.2, 0.25) is 5.69 Å². The van der Waals surface area contributed by atoms with Crippen molar-refractivity contribution in [2.75, 3.05) is 0 Å². The Balaban J connectivity index is 0.000000376. The van der Waals surface area contributed by atoms with Gasteiger partial charge in [0, 0.05) is 30.7 Å². The number of pyridine rings is 1. The first kappa shape index (κ1) is 19.5. The molecule has 4 rings (SSSR count). The number of hydrogen-bond acceptors (Lipinski definition) is 4. The molecule has 0 atom stereocenters. The average molecular weight is 386 g/mol. The van der Waals surface area contributed by atoms with Gasteiger partial charge in [0.15, 0.2) is 11.4 Å². The lowest BCUT2D eigenvalue weighted by atomic mass is 9.82. The molecule has 0 radical (unpaired) electrons. The average Bonchev–Trinajstić information content (AvgIpc) is 2.83. The number of benzene rings is 2. The summed E-state index contributed by atoms with van der Waals surface area (Å²) in [5.41, 5.74) is 7.99. The second-order valence-corrected chi connectivity index (χ2v) is 7.75. The van der Waals surface area contributed by atoms with Crippen LogP contribution in [0.25, 0.3) is 16.8 Å². The van der Waals surface area contributed by atoms with E-state index in [0.717, 1.165) is 0 Å². The minimum atomic E-state index is -4.94. The quantitative estimate of drug-likeness (QED) is 0.543. The van der Waals surface area contributed by atoms with E-state index < -0.39 is 10.2 Å². The molecule has 0 spiro atoms. The van der Waals surface area contributed by atoms with Crippen LogP contribution in [-0.4, -0.2) is 0 Å². The molecule has 140 valence electrons. The summed E-state index contributed by atoms with van der Waals surface area (Å²) < 4.78 is 36.4. The van der Waals surface area contributed by atoms with E-state index in [1.807, 2.05) is 0 Å². The van der Waals surface area contributed by atoms with Gasteiger partial charge in [-0.25, -0.2) is 18.6 Å². The van der Waals surface area contributed by atoms with E-state index in [1.54, 1.807) is 0 Å². The summed E-state index contributed by atoms with van der Waals surface area (Å²) in [4.78, 5) is 0. The summed E-state index contributed by atoms with van der Waals surface area (Å²) in [6, 6.07) is 24.0. The second-order valence-electron chi connectivity index (χ2n) is 6.99. The summed E-state index contributed by atoms with van der Waals surface area (Å²) >= 11 is 0. The van der Waals surface area contributed by atoms with Crippen molar-refractivity contribution in [3.63, 3.8) is 0 Å². The first-order chi connectivity index (χ1) is 12.6. The summed E-state index contributed by atoms with van der Waals surface area (Å²) in [7, 11) is -4.94. The number of hydrogen-bond donors (Lipinski definition) is 0. The molecular formula is C21H20ClNO4. The molecule has 27 heavy (non-hydrogen) atoms. The highest BCUT2D eigenvalue weighted by atomic mass is 35.7. The van der Waals surface area contributed by atoms with Crippen molar-refractivity contribution in [3.05, 3.63) is 83.7 Å². The molecule has 2 heterocycles. The van der Waals surface area contributed by atoms with Gasteiger partial charge in [0.1, 0.15) is 0 Å². The lowest BCUT2D eigenvalue weighted by Crippen LogP contribution is -2.68. The predicted octanol–water partition coefficient (Wildman–Crippen LogP) is -0.178. The summed E-state index contributed by atoms with van der Waals surface area (Å²) in [5.74, 6) is 0. The van der Waals surface area contributed by atoms with Crippen LogP contribution in [0.1, 0.15) is 30.8 Å². The molecule has 0 saturated heterocycles. The van der Waals surface area contributed by atoms with Crippen molar-refractivity contribution >= 4 is 0 Å². The van der Waals surface area contributed by atoms with Crippen molar-refractivity contribution in [1.82, 2.24) is 0 Å². The Morgan fingerprint density at radius 3 is 1.96 bits per heavy atom. The number of halogens is 1. The van der Waals surface area contributed by atoms with E-state index in [1.165, 1.54) is 33.8 Å². The van der Waals surface area contributed by atoms with Crippen molar-refractivity contribution in [2.45, 2.75) is 26.2 Å². The molecule has 1 aliphatic heterocycles. The van der Waals surface area contributed by atoms with Crippen molar-refractivity contribution in [2.24, 2.45) is 0 Å². The molecule has 0 unspecified atom stereocenters. The van der Waals surface area contributed by atoms with Gasteiger partial charge in [-0.1, -0.05) is 48.5 Å². The Bertz CT molecular complexity index is 960. The summed E-state index contributed by atoms with van der Waals surface area (Å²) in [5, 5.41) is 0. The normalized spacial score (nSPS) is 14.0. The van der Waals surface area contributed by atoms with Crippen LogP contribution < -0.4 is 23.2 Å². The first-order valence-corrected chi connectivity index (χ1v) is 9.67. The highest BCUT2D eigenvalue weighted by molar-refractivity contribution is 5.65. The van der Waals surface area contributed by atoms with Crippen LogP contribution in [0.15, 0.2) is 66.7 Å². The standard InChI is InChI=1S/C21H20N.ClHO4/c1-15-13-17(16-9-5-4-6-10-16)14-20-21(2,3)18-11-7-8-12-19(18)22(15)20;2-1(3,4)5/h4-14H,1-3H3;(H,2,3,4,5)/q+1;/p-1. The minimum Gasteiger partial charge on any atom is -0.222 e. The van der Waals surface area contributed by atoms with Crippen LogP contribution in [0.5, 0.6) is 0 Å². The molecule has 0 bridgehead atoms. The third-order valence-electron chi connectivity index (χ3n) is 4.82. The van der Waals surface area contributed by atoms with Crippen LogP contribution in [-0.2, 0) is 5.41 Å². The van der Waals surface area contributed by atoms with E-state index in [9.17, 15) is 0 Å². The van der Waals surface area contributed by atoms with Crippen molar-refractivity contribution in [3.8, 4) is 16.8 Å². The highest BCUT2D eigenvalue weighted by Crippen LogP contribution is 2.39. The number of para-hydroxylation sites is 1. The Labute approximate surface area is 160 Å². The van der Waals surface area contributed by atoms with Gasteiger partial charge < -0.3 is 0 Å². The molecule has 0 amide bonds. The third kappa shape index (κ3) is 4.03. The van der Waals surface area contributed by atoms with Gasteiger partial charge in [-0.2, -0.15) is 4.57 Å². The van der Waals surface area contributed by atoms with Gasteiger partial charge in [-0.3, -0.25) is 0 Å². The van der Waals surface area contributed by atoms with Crippen molar-refractivity contribution in [1.29, 1.82) is 0 Å². The van der Waals surface area contributed by atoms with Gasteiger partial charge in [0.05, 0.1) is 5.41 Å². The van der Waals surface area contributed by atoms with Crippen LogP contribution in [0.4, 0.5) is 0 Å². The maximum Gasteiger partial charge on any atom is 0.215 e. The molecule has 2 aromatic carbocycles. The van der Waals surface area contributed by atoms with E-state index in [2.05, 4.69) is 92.1 Å². The largest absolute Gasteiger partial charge is 0.222 e. The minimum absolute atomic E-state index is 0.0339. The molecule has 0 aliphatic carbocycles. The lowest BCUT2D eigenvalue weighted by Gasteiger charge is -2.17. The molecular weight excluding hydrogens is 366 g/mol. The first-order valence-electron chi connectivity index (χ1n) is 8.43. The SMILES string of the molecule is Cc1cc(-c2ccccc2)cc2[n+]1-c1ccccc1C2(C)C.[O-][Cl+3]([O-])([O-])[O-]. The van der Waals surface area contributed by atoms with Gasteiger partial charge in [-0.05, 0) is 25.0 Å². The van der Waals surface area contributed by atoms with Gasteiger partial charge >= 0.3 is 0 Å². The third-order valence-corrected chi connectivity index (χ3v) is 4.82.